The first-order valence-corrected chi connectivity index (χ1v) is 7.49. The van der Waals surface area contributed by atoms with E-state index in [1.807, 2.05) is 13.0 Å². The van der Waals surface area contributed by atoms with Crippen LogP contribution in [0.5, 0.6) is 5.75 Å². The second-order valence-electron chi connectivity index (χ2n) is 4.65. The number of hydrogen-bond acceptors (Lipinski definition) is 2. The second kappa shape index (κ2) is 7.92. The number of hydrogen-bond donors (Lipinski definition) is 2. The van der Waals surface area contributed by atoms with Crippen LogP contribution in [-0.4, -0.2) is 19.2 Å². The van der Waals surface area contributed by atoms with Gasteiger partial charge in [-0.3, -0.25) is 0 Å². The number of anilines is 1. The molecule has 0 heterocycles. The van der Waals surface area contributed by atoms with E-state index in [9.17, 15) is 4.79 Å². The number of carbonyl (C=O) groups is 1. The summed E-state index contributed by atoms with van der Waals surface area (Å²) in [4.78, 5) is 11.7. The number of benzene rings is 2. The molecule has 0 radical (unpaired) electrons. The fourth-order valence-electron chi connectivity index (χ4n) is 1.74. The van der Waals surface area contributed by atoms with Gasteiger partial charge in [-0.15, -0.1) is 0 Å². The molecule has 6 heteroatoms. The third-order valence-electron chi connectivity index (χ3n) is 2.88. The van der Waals surface area contributed by atoms with Gasteiger partial charge in [-0.1, -0.05) is 35.3 Å². The van der Waals surface area contributed by atoms with Gasteiger partial charge in [0, 0.05) is 15.7 Å². The molecule has 2 amide bonds. The maximum absolute atomic E-state index is 11.7. The van der Waals surface area contributed by atoms with Crippen LogP contribution >= 0.6 is 23.2 Å². The van der Waals surface area contributed by atoms with E-state index in [4.69, 9.17) is 27.9 Å². The van der Waals surface area contributed by atoms with Crippen molar-refractivity contribution in [3.8, 4) is 5.75 Å². The highest BCUT2D eigenvalue weighted by molar-refractivity contribution is 6.31. The molecule has 2 rings (SSSR count). The van der Waals surface area contributed by atoms with Crippen LogP contribution in [0.25, 0.3) is 0 Å². The Morgan fingerprint density at radius 2 is 2.00 bits per heavy atom. The average molecular weight is 339 g/mol. The molecule has 4 nitrogen and oxygen atoms in total. The molecule has 2 aromatic rings. The number of ether oxygens (including phenoxy) is 1. The van der Waals surface area contributed by atoms with Gasteiger partial charge in [0.05, 0.1) is 6.54 Å². The summed E-state index contributed by atoms with van der Waals surface area (Å²) in [7, 11) is 0. The molecule has 0 bridgehead atoms. The van der Waals surface area contributed by atoms with Gasteiger partial charge in [0.15, 0.2) is 0 Å². The lowest BCUT2D eigenvalue weighted by molar-refractivity contribution is 0.247. The summed E-state index contributed by atoms with van der Waals surface area (Å²) in [6.45, 7) is 2.62. The molecule has 0 aliphatic heterocycles. The maximum Gasteiger partial charge on any atom is 0.319 e. The summed E-state index contributed by atoms with van der Waals surface area (Å²) >= 11 is 11.9. The van der Waals surface area contributed by atoms with Crippen molar-refractivity contribution >= 4 is 34.9 Å². The fourth-order valence-corrected chi connectivity index (χ4v) is 2.10. The molecular formula is C16H16Cl2N2O2. The largest absolute Gasteiger partial charge is 0.492 e. The van der Waals surface area contributed by atoms with Gasteiger partial charge in [-0.2, -0.15) is 0 Å². The molecule has 0 spiro atoms. The van der Waals surface area contributed by atoms with Crippen molar-refractivity contribution in [1.29, 1.82) is 0 Å². The molecule has 0 atom stereocenters. The number of urea groups is 1. The molecule has 22 heavy (non-hydrogen) atoms. The van der Waals surface area contributed by atoms with Crippen LogP contribution in [0.15, 0.2) is 42.5 Å². The zero-order chi connectivity index (χ0) is 15.9. The van der Waals surface area contributed by atoms with Crippen LogP contribution in [0.3, 0.4) is 0 Å². The third kappa shape index (κ3) is 5.13. The van der Waals surface area contributed by atoms with Gasteiger partial charge >= 0.3 is 6.03 Å². The SMILES string of the molecule is Cc1ccc(NC(=O)NCCOc2cccc(Cl)c2)cc1Cl. The zero-order valence-corrected chi connectivity index (χ0v) is 13.5. The summed E-state index contributed by atoms with van der Waals surface area (Å²) < 4.78 is 5.47. The summed E-state index contributed by atoms with van der Waals surface area (Å²) in [6, 6.07) is 12.1. The van der Waals surface area contributed by atoms with Crippen molar-refractivity contribution in [2.75, 3.05) is 18.5 Å². The second-order valence-corrected chi connectivity index (χ2v) is 5.49. The van der Waals surface area contributed by atoms with E-state index < -0.39 is 0 Å². The first kappa shape index (κ1) is 16.5. The number of rotatable bonds is 5. The van der Waals surface area contributed by atoms with E-state index in [0.29, 0.717) is 34.6 Å². The predicted molar refractivity (Wildman–Crippen MR) is 90.2 cm³/mol. The molecule has 2 N–H and O–H groups in total. The molecule has 0 aliphatic rings. The Hall–Kier alpha value is -1.91. The fraction of sp³-hybridized carbons (Fsp3) is 0.188. The zero-order valence-electron chi connectivity index (χ0n) is 12.0. The highest BCUT2D eigenvalue weighted by atomic mass is 35.5. The van der Waals surface area contributed by atoms with E-state index in [-0.39, 0.29) is 6.03 Å². The van der Waals surface area contributed by atoms with Crippen LogP contribution in [0.1, 0.15) is 5.56 Å². The number of aryl methyl sites for hydroxylation is 1. The van der Waals surface area contributed by atoms with Gasteiger partial charge in [0.25, 0.3) is 0 Å². The molecule has 116 valence electrons. The molecule has 0 saturated carbocycles. The quantitative estimate of drug-likeness (QED) is 0.788. The summed E-state index contributed by atoms with van der Waals surface area (Å²) in [5.41, 5.74) is 1.60. The normalized spacial score (nSPS) is 10.1. The number of amides is 2. The Labute approximate surface area is 139 Å². The topological polar surface area (TPSA) is 50.4 Å². The van der Waals surface area contributed by atoms with E-state index >= 15 is 0 Å². The van der Waals surface area contributed by atoms with Crippen molar-refractivity contribution in [2.24, 2.45) is 0 Å². The summed E-state index contributed by atoms with van der Waals surface area (Å²) in [5, 5.41) is 6.63. The van der Waals surface area contributed by atoms with E-state index in [0.717, 1.165) is 5.56 Å². The van der Waals surface area contributed by atoms with Crippen LogP contribution in [0.2, 0.25) is 10.0 Å². The standard InChI is InChI=1S/C16H16Cl2N2O2/c1-11-5-6-13(10-15(11)18)20-16(21)19-7-8-22-14-4-2-3-12(17)9-14/h2-6,9-10H,7-8H2,1H3,(H2,19,20,21). The first-order chi connectivity index (χ1) is 10.5. The molecule has 0 aromatic heterocycles. The number of nitrogens with one attached hydrogen (secondary N) is 2. The number of carbonyl (C=O) groups excluding carboxylic acids is 1. The lowest BCUT2D eigenvalue weighted by Crippen LogP contribution is -2.32. The first-order valence-electron chi connectivity index (χ1n) is 6.74. The van der Waals surface area contributed by atoms with Crippen LogP contribution in [0, 0.1) is 6.92 Å². The van der Waals surface area contributed by atoms with Gasteiger partial charge < -0.3 is 15.4 Å². The van der Waals surface area contributed by atoms with Gasteiger partial charge in [-0.25, -0.2) is 4.79 Å². The van der Waals surface area contributed by atoms with Crippen LogP contribution in [0.4, 0.5) is 10.5 Å². The lowest BCUT2D eigenvalue weighted by Gasteiger charge is -2.10. The summed E-state index contributed by atoms with van der Waals surface area (Å²) in [5.74, 6) is 0.667. The van der Waals surface area contributed by atoms with Crippen molar-refractivity contribution in [3.63, 3.8) is 0 Å². The van der Waals surface area contributed by atoms with E-state index in [1.165, 1.54) is 0 Å². The minimum Gasteiger partial charge on any atom is -0.492 e. The van der Waals surface area contributed by atoms with Crippen molar-refractivity contribution < 1.29 is 9.53 Å². The predicted octanol–water partition coefficient (Wildman–Crippen LogP) is 4.50. The molecule has 2 aromatic carbocycles. The Balaban J connectivity index is 1.72. The van der Waals surface area contributed by atoms with E-state index in [1.54, 1.807) is 36.4 Å². The molecular weight excluding hydrogens is 323 g/mol. The Morgan fingerprint density at radius 3 is 2.73 bits per heavy atom. The van der Waals surface area contributed by atoms with Gasteiger partial charge in [0.2, 0.25) is 0 Å². The van der Waals surface area contributed by atoms with E-state index in [2.05, 4.69) is 10.6 Å². The number of halogens is 2. The molecule has 0 unspecified atom stereocenters. The third-order valence-corrected chi connectivity index (χ3v) is 3.52. The van der Waals surface area contributed by atoms with Crippen LogP contribution in [-0.2, 0) is 0 Å². The molecule has 0 aliphatic carbocycles. The maximum atomic E-state index is 11.7. The monoisotopic (exact) mass is 338 g/mol. The Bertz CT molecular complexity index is 662. The highest BCUT2D eigenvalue weighted by Gasteiger charge is 2.03. The molecule has 0 saturated heterocycles. The minimum absolute atomic E-state index is 0.311. The Kier molecular flexibility index (Phi) is 5.92. The summed E-state index contributed by atoms with van der Waals surface area (Å²) in [6.07, 6.45) is 0. The highest BCUT2D eigenvalue weighted by Crippen LogP contribution is 2.19. The van der Waals surface area contributed by atoms with Crippen molar-refractivity contribution in [3.05, 3.63) is 58.1 Å². The van der Waals surface area contributed by atoms with Crippen molar-refractivity contribution in [1.82, 2.24) is 5.32 Å². The average Bonchev–Trinajstić information content (AvgIpc) is 2.48. The lowest BCUT2D eigenvalue weighted by atomic mass is 10.2. The minimum atomic E-state index is -0.311. The van der Waals surface area contributed by atoms with Gasteiger partial charge in [0.1, 0.15) is 12.4 Å². The van der Waals surface area contributed by atoms with Gasteiger partial charge in [-0.05, 0) is 42.8 Å². The van der Waals surface area contributed by atoms with Crippen LogP contribution < -0.4 is 15.4 Å². The Morgan fingerprint density at radius 1 is 1.18 bits per heavy atom. The van der Waals surface area contributed by atoms with Crippen molar-refractivity contribution in [2.45, 2.75) is 6.92 Å². The molecule has 0 fully saturated rings. The smallest absolute Gasteiger partial charge is 0.319 e.